The molecule has 3 aromatic rings. The van der Waals surface area contributed by atoms with Crippen LogP contribution in [0.3, 0.4) is 0 Å². The number of ether oxygens (including phenoxy) is 3. The average molecular weight is 420 g/mol. The minimum atomic E-state index is 0.681. The molecule has 2 heterocycles. The third-order valence-corrected chi connectivity index (χ3v) is 5.71. The van der Waals surface area contributed by atoms with Gasteiger partial charge in [-0.3, -0.25) is 4.90 Å². The fraction of sp³-hybridized carbons (Fsp3) is 0.320. The lowest BCUT2D eigenvalue weighted by Crippen LogP contribution is -2.46. The molecule has 6 heteroatoms. The highest BCUT2D eigenvalue weighted by Crippen LogP contribution is 2.29. The molecular formula is C25H29N3O3. The van der Waals surface area contributed by atoms with Crippen LogP contribution in [-0.2, 0) is 6.54 Å². The van der Waals surface area contributed by atoms with Gasteiger partial charge in [0.1, 0.15) is 11.5 Å². The van der Waals surface area contributed by atoms with E-state index in [2.05, 4.69) is 34.1 Å². The number of hydrogen-bond acceptors (Lipinski definition) is 6. The van der Waals surface area contributed by atoms with Crippen LogP contribution in [0.25, 0.3) is 11.3 Å². The van der Waals surface area contributed by atoms with E-state index < -0.39 is 0 Å². The van der Waals surface area contributed by atoms with E-state index in [9.17, 15) is 0 Å². The molecule has 0 atom stereocenters. The Labute approximate surface area is 184 Å². The molecule has 0 amide bonds. The first kappa shape index (κ1) is 21.0. The molecule has 162 valence electrons. The lowest BCUT2D eigenvalue weighted by atomic mass is 10.1. The second-order valence-corrected chi connectivity index (χ2v) is 7.53. The zero-order valence-corrected chi connectivity index (χ0v) is 18.4. The maximum absolute atomic E-state index is 5.63. The predicted molar refractivity (Wildman–Crippen MR) is 123 cm³/mol. The molecule has 6 nitrogen and oxygen atoms in total. The molecule has 4 rings (SSSR count). The van der Waals surface area contributed by atoms with Crippen molar-refractivity contribution in [1.82, 2.24) is 9.88 Å². The Balaban J connectivity index is 1.42. The Morgan fingerprint density at radius 2 is 1.52 bits per heavy atom. The summed E-state index contributed by atoms with van der Waals surface area (Å²) >= 11 is 0. The van der Waals surface area contributed by atoms with Crippen LogP contribution in [0.1, 0.15) is 5.56 Å². The number of methoxy groups -OCH3 is 3. The Morgan fingerprint density at radius 3 is 2.19 bits per heavy atom. The molecule has 0 saturated carbocycles. The molecular weight excluding hydrogens is 390 g/mol. The summed E-state index contributed by atoms with van der Waals surface area (Å²) in [6, 6.07) is 20.3. The molecule has 1 aromatic heterocycles. The summed E-state index contributed by atoms with van der Waals surface area (Å²) in [5.41, 5.74) is 4.19. The van der Waals surface area contributed by atoms with Crippen LogP contribution < -0.4 is 19.1 Å². The predicted octanol–water partition coefficient (Wildman–Crippen LogP) is 4.10. The van der Waals surface area contributed by atoms with Gasteiger partial charge < -0.3 is 19.1 Å². The monoisotopic (exact) mass is 419 g/mol. The van der Waals surface area contributed by atoms with Gasteiger partial charge in [-0.15, -0.1) is 0 Å². The number of aromatic nitrogens is 1. The van der Waals surface area contributed by atoms with Gasteiger partial charge in [-0.05, 0) is 42.5 Å². The summed E-state index contributed by atoms with van der Waals surface area (Å²) in [6.07, 6.45) is 0. The summed E-state index contributed by atoms with van der Waals surface area (Å²) in [6.45, 7) is 4.68. The number of benzene rings is 2. The molecule has 0 radical (unpaired) electrons. The summed E-state index contributed by atoms with van der Waals surface area (Å²) in [5, 5.41) is 0. The molecule has 0 aliphatic carbocycles. The van der Waals surface area contributed by atoms with Gasteiger partial charge in [0.05, 0.1) is 32.7 Å². The van der Waals surface area contributed by atoms with E-state index in [1.807, 2.05) is 36.4 Å². The van der Waals surface area contributed by atoms with Crippen molar-refractivity contribution in [1.29, 1.82) is 0 Å². The van der Waals surface area contributed by atoms with Crippen molar-refractivity contribution < 1.29 is 14.2 Å². The minimum Gasteiger partial charge on any atom is -0.497 e. The first-order chi connectivity index (χ1) is 15.2. The maximum atomic E-state index is 5.63. The zero-order valence-electron chi connectivity index (χ0n) is 18.4. The smallest absolute Gasteiger partial charge is 0.218 e. The first-order valence-corrected chi connectivity index (χ1v) is 10.5. The van der Waals surface area contributed by atoms with Crippen LogP contribution in [0.4, 0.5) is 5.69 Å². The molecule has 2 aromatic carbocycles. The van der Waals surface area contributed by atoms with Gasteiger partial charge in [0.25, 0.3) is 0 Å². The molecule has 0 spiro atoms. The number of nitrogens with zero attached hydrogens (tertiary/aromatic N) is 3. The van der Waals surface area contributed by atoms with Gasteiger partial charge >= 0.3 is 0 Å². The standard InChI is InChI=1S/C25H29N3O3/c1-29-21-11-8-19(9-12-21)22-13-10-20(25(26-22)31-3)18-27-14-16-28(17-15-27)23-6-4-5-7-24(23)30-2/h4-13H,14-18H2,1-3H3. The lowest BCUT2D eigenvalue weighted by molar-refractivity contribution is 0.244. The van der Waals surface area contributed by atoms with Crippen LogP contribution in [0.15, 0.2) is 60.7 Å². The average Bonchev–Trinajstić information content (AvgIpc) is 2.85. The topological polar surface area (TPSA) is 47.1 Å². The lowest BCUT2D eigenvalue weighted by Gasteiger charge is -2.36. The van der Waals surface area contributed by atoms with Gasteiger partial charge in [-0.1, -0.05) is 18.2 Å². The number of para-hydroxylation sites is 2. The Morgan fingerprint density at radius 1 is 0.774 bits per heavy atom. The van der Waals surface area contributed by atoms with Crippen molar-refractivity contribution in [2.45, 2.75) is 6.54 Å². The largest absolute Gasteiger partial charge is 0.497 e. The maximum Gasteiger partial charge on any atom is 0.218 e. The quantitative estimate of drug-likeness (QED) is 0.575. The summed E-state index contributed by atoms with van der Waals surface area (Å²) in [7, 11) is 5.08. The van der Waals surface area contributed by atoms with Crippen molar-refractivity contribution in [2.24, 2.45) is 0 Å². The van der Waals surface area contributed by atoms with E-state index in [0.29, 0.717) is 5.88 Å². The van der Waals surface area contributed by atoms with Crippen molar-refractivity contribution in [3.05, 3.63) is 66.2 Å². The van der Waals surface area contributed by atoms with Crippen LogP contribution in [0.5, 0.6) is 17.4 Å². The van der Waals surface area contributed by atoms with Gasteiger partial charge in [0, 0.05) is 43.9 Å². The van der Waals surface area contributed by atoms with Gasteiger partial charge in [0.15, 0.2) is 0 Å². The van der Waals surface area contributed by atoms with E-state index in [4.69, 9.17) is 19.2 Å². The molecule has 31 heavy (non-hydrogen) atoms. The van der Waals surface area contributed by atoms with Crippen LogP contribution in [-0.4, -0.2) is 57.4 Å². The molecule has 1 saturated heterocycles. The molecule has 1 fully saturated rings. The van der Waals surface area contributed by atoms with Gasteiger partial charge in [-0.2, -0.15) is 0 Å². The SMILES string of the molecule is COc1ccc(-c2ccc(CN3CCN(c4ccccc4OC)CC3)c(OC)n2)cc1. The third-order valence-electron chi connectivity index (χ3n) is 5.71. The van der Waals surface area contributed by atoms with E-state index >= 15 is 0 Å². The molecule has 1 aliphatic heterocycles. The highest BCUT2D eigenvalue weighted by molar-refractivity contribution is 5.61. The molecule has 0 unspecified atom stereocenters. The Kier molecular flexibility index (Phi) is 6.57. The van der Waals surface area contributed by atoms with E-state index in [1.54, 1.807) is 21.3 Å². The summed E-state index contributed by atoms with van der Waals surface area (Å²) in [5.74, 6) is 2.44. The second kappa shape index (κ2) is 9.71. The van der Waals surface area contributed by atoms with E-state index in [-0.39, 0.29) is 0 Å². The van der Waals surface area contributed by atoms with Gasteiger partial charge in [-0.25, -0.2) is 4.98 Å². The highest BCUT2D eigenvalue weighted by Gasteiger charge is 2.21. The number of pyridine rings is 1. The van der Waals surface area contributed by atoms with Crippen LogP contribution in [0, 0.1) is 0 Å². The van der Waals surface area contributed by atoms with E-state index in [1.165, 1.54) is 0 Å². The number of hydrogen-bond donors (Lipinski definition) is 0. The number of rotatable bonds is 7. The second-order valence-electron chi connectivity index (χ2n) is 7.53. The van der Waals surface area contributed by atoms with Crippen molar-refractivity contribution in [3.8, 4) is 28.6 Å². The van der Waals surface area contributed by atoms with Crippen molar-refractivity contribution >= 4 is 5.69 Å². The highest BCUT2D eigenvalue weighted by atomic mass is 16.5. The van der Waals surface area contributed by atoms with Crippen molar-refractivity contribution in [3.63, 3.8) is 0 Å². The minimum absolute atomic E-state index is 0.681. The fourth-order valence-corrected chi connectivity index (χ4v) is 3.97. The van der Waals surface area contributed by atoms with Crippen molar-refractivity contribution in [2.75, 3.05) is 52.4 Å². The van der Waals surface area contributed by atoms with Crippen LogP contribution in [0.2, 0.25) is 0 Å². The first-order valence-electron chi connectivity index (χ1n) is 10.5. The van der Waals surface area contributed by atoms with Crippen LogP contribution >= 0.6 is 0 Å². The van der Waals surface area contributed by atoms with E-state index in [0.717, 1.165) is 66.7 Å². The fourth-order valence-electron chi connectivity index (χ4n) is 3.97. The Hall–Kier alpha value is -3.25. The molecule has 0 N–H and O–H groups in total. The molecule has 1 aliphatic rings. The number of piperazine rings is 1. The number of anilines is 1. The zero-order chi connectivity index (χ0) is 21.6. The Bertz CT molecular complexity index is 999. The van der Waals surface area contributed by atoms with Gasteiger partial charge in [0.2, 0.25) is 5.88 Å². The molecule has 0 bridgehead atoms. The normalized spacial score (nSPS) is 14.4. The summed E-state index contributed by atoms with van der Waals surface area (Å²) < 4.78 is 16.4. The third kappa shape index (κ3) is 4.75. The summed E-state index contributed by atoms with van der Waals surface area (Å²) in [4.78, 5) is 9.58.